The predicted octanol–water partition coefficient (Wildman–Crippen LogP) is 14.3. The van der Waals surface area contributed by atoms with Gasteiger partial charge in [0.2, 0.25) is 0 Å². The molecule has 304 valence electrons. The molecule has 3 rings (SSSR count). The molecule has 0 aliphatic rings. The van der Waals surface area contributed by atoms with Gasteiger partial charge in [0.05, 0.1) is 17.1 Å². The third kappa shape index (κ3) is 26.2. The molecule has 0 fully saturated rings. The molecule has 0 atom stereocenters. The van der Waals surface area contributed by atoms with E-state index in [-0.39, 0.29) is 22.2 Å². The van der Waals surface area contributed by atoms with Crippen LogP contribution in [0.3, 0.4) is 0 Å². The fourth-order valence-corrected chi connectivity index (χ4v) is 6.40. The fraction of sp³-hybridized carbons (Fsp3) is 0.560. The van der Waals surface area contributed by atoms with Gasteiger partial charge in [-0.15, -0.1) is 11.5 Å². The summed E-state index contributed by atoms with van der Waals surface area (Å²) in [6.07, 6.45) is 32.2. The number of rotatable bonds is 27. The van der Waals surface area contributed by atoms with Crippen LogP contribution in [0.5, 0.6) is 11.5 Å². The van der Waals surface area contributed by atoms with Gasteiger partial charge in [-0.3, -0.25) is 4.99 Å². The van der Waals surface area contributed by atoms with Gasteiger partial charge in [-0.2, -0.15) is 0 Å². The van der Waals surface area contributed by atoms with E-state index < -0.39 is 5.75 Å². The smallest absolute Gasteiger partial charge is 0.873 e. The maximum absolute atomic E-state index is 10.9. The van der Waals surface area contributed by atoms with Gasteiger partial charge < -0.3 is 10.2 Å². The Morgan fingerprint density at radius 1 is 0.491 bits per heavy atom. The maximum Gasteiger partial charge on any atom is 2.00 e. The molecular weight excluding hydrogens is 719 g/mol. The van der Waals surface area contributed by atoms with Gasteiger partial charge in [-0.05, 0) is 67.9 Å². The summed E-state index contributed by atoms with van der Waals surface area (Å²) in [6, 6.07) is 25.0. The number of hydrogen-bond donors (Lipinski definition) is 0. The van der Waals surface area contributed by atoms with E-state index in [4.69, 9.17) is 9.98 Å². The summed E-state index contributed by atoms with van der Waals surface area (Å²) in [5.41, 5.74) is 4.72. The molecule has 0 saturated heterocycles. The number of benzene rings is 3. The summed E-state index contributed by atoms with van der Waals surface area (Å²) in [7, 11) is 0. The average molecular weight is 792 g/mol. The summed E-state index contributed by atoms with van der Waals surface area (Å²) < 4.78 is 0. The van der Waals surface area contributed by atoms with E-state index in [1.165, 1.54) is 134 Å². The second-order valence-corrected chi connectivity index (χ2v) is 14.7. The summed E-state index contributed by atoms with van der Waals surface area (Å²) in [4.78, 5) is 9.97. The molecule has 0 radical (unpaired) electrons. The molecule has 5 heteroatoms. The molecule has 55 heavy (non-hydrogen) atoms. The van der Waals surface area contributed by atoms with Crippen molar-refractivity contribution in [3.8, 4) is 23.3 Å². The van der Waals surface area contributed by atoms with Crippen molar-refractivity contribution in [2.45, 2.75) is 181 Å². The number of hydrogen-bond acceptors (Lipinski definition) is 4. The first-order valence-electron chi connectivity index (χ1n) is 21.8. The normalized spacial score (nSPS) is 11.3. The van der Waals surface area contributed by atoms with Crippen molar-refractivity contribution in [1.82, 2.24) is 0 Å². The Hall–Kier alpha value is -3.35. The summed E-state index contributed by atoms with van der Waals surface area (Å²) >= 11 is 0. The number of aliphatic imine (C=N–C) groups is 2. The van der Waals surface area contributed by atoms with Crippen LogP contribution >= 0.6 is 0 Å². The molecule has 0 aliphatic carbocycles. The standard InChI is InChI=1S/C40H60N2.C10H14O2.Ni/c1-3-5-7-8-9-10-11-12-13-14-15-16-17-18-19-20-21-22-30-36-40(42-38-33-28-24-29-34-38)39(35-25-6-4-2)41-37-31-26-23-27-32-37;1-2-3-4-8-5-6-9(11)10(12)7-8;/h23-24,26-29,31-34H,3-22,25,35H2,1-2H3;5-7,11-12H,2-4H2,1H3;/q;;+2/p-2. The van der Waals surface area contributed by atoms with E-state index in [9.17, 15) is 10.2 Å². The molecule has 0 heterocycles. The second kappa shape index (κ2) is 35.1. The molecular formula is C50H72N2NiO2. The monoisotopic (exact) mass is 790 g/mol. The van der Waals surface area contributed by atoms with Crippen molar-refractivity contribution in [2.24, 2.45) is 9.98 Å². The Kier molecular flexibility index (Phi) is 31.7. The minimum Gasteiger partial charge on any atom is -0.873 e. The predicted molar refractivity (Wildman–Crippen MR) is 232 cm³/mol. The minimum absolute atomic E-state index is 0. The van der Waals surface area contributed by atoms with Gasteiger partial charge in [-0.25, -0.2) is 4.99 Å². The first-order valence-corrected chi connectivity index (χ1v) is 21.8. The van der Waals surface area contributed by atoms with Crippen LogP contribution in [0, 0.1) is 11.8 Å². The molecule has 4 nitrogen and oxygen atoms in total. The molecule has 0 spiro atoms. The third-order valence-corrected chi connectivity index (χ3v) is 9.75. The molecule has 0 aromatic heterocycles. The summed E-state index contributed by atoms with van der Waals surface area (Å²) in [6.45, 7) is 6.64. The van der Waals surface area contributed by atoms with Crippen molar-refractivity contribution in [3.05, 3.63) is 84.4 Å². The number of para-hydroxylation sites is 2. The Bertz CT molecular complexity index is 1460. The number of unbranched alkanes of at least 4 members (excludes halogenated alkanes) is 20. The van der Waals surface area contributed by atoms with Crippen LogP contribution in [-0.4, -0.2) is 11.4 Å². The zero-order valence-electron chi connectivity index (χ0n) is 34.7. The van der Waals surface area contributed by atoms with Gasteiger partial charge in [-0.1, -0.05) is 203 Å². The van der Waals surface area contributed by atoms with Crippen molar-refractivity contribution in [3.63, 3.8) is 0 Å². The first kappa shape index (κ1) is 49.7. The third-order valence-electron chi connectivity index (χ3n) is 9.75. The van der Waals surface area contributed by atoms with Crippen LogP contribution in [0.15, 0.2) is 88.8 Å². The first-order chi connectivity index (χ1) is 26.6. The fourth-order valence-electron chi connectivity index (χ4n) is 6.40. The Labute approximate surface area is 347 Å². The van der Waals surface area contributed by atoms with E-state index in [1.807, 2.05) is 48.5 Å². The zero-order valence-corrected chi connectivity index (χ0v) is 35.7. The van der Waals surface area contributed by atoms with Crippen LogP contribution < -0.4 is 10.2 Å². The summed E-state index contributed by atoms with van der Waals surface area (Å²) in [5.74, 6) is 6.10. The maximum atomic E-state index is 10.9. The summed E-state index contributed by atoms with van der Waals surface area (Å²) in [5, 5.41) is 21.6. The van der Waals surface area contributed by atoms with E-state index in [0.717, 1.165) is 66.9 Å². The number of nitrogens with zero attached hydrogens (tertiary/aromatic N) is 2. The van der Waals surface area contributed by atoms with Crippen molar-refractivity contribution in [1.29, 1.82) is 0 Å². The Morgan fingerprint density at radius 3 is 1.44 bits per heavy atom. The Morgan fingerprint density at radius 2 is 0.945 bits per heavy atom. The van der Waals surface area contributed by atoms with E-state index >= 15 is 0 Å². The molecule has 0 amide bonds. The Balaban J connectivity index is 0.000000986. The van der Waals surface area contributed by atoms with Gasteiger partial charge in [0.25, 0.3) is 0 Å². The molecule has 3 aromatic rings. The van der Waals surface area contributed by atoms with Crippen LogP contribution in [0.2, 0.25) is 0 Å². The van der Waals surface area contributed by atoms with Crippen LogP contribution in [0.25, 0.3) is 0 Å². The van der Waals surface area contributed by atoms with Crippen LogP contribution in [-0.2, 0) is 22.9 Å². The zero-order chi connectivity index (χ0) is 38.7. The average Bonchev–Trinajstić information content (AvgIpc) is 3.19. The quantitative estimate of drug-likeness (QED) is 0.0334. The van der Waals surface area contributed by atoms with Gasteiger partial charge in [0, 0.05) is 6.42 Å². The number of aryl methyl sites for hydroxylation is 1. The van der Waals surface area contributed by atoms with E-state index in [2.05, 4.69) is 44.7 Å². The molecule has 0 bridgehead atoms. The van der Waals surface area contributed by atoms with Crippen molar-refractivity contribution < 1.29 is 26.7 Å². The van der Waals surface area contributed by atoms with Gasteiger partial charge in [0.15, 0.2) is 0 Å². The topological polar surface area (TPSA) is 70.8 Å². The molecule has 0 unspecified atom stereocenters. The van der Waals surface area contributed by atoms with Crippen LogP contribution in [0.4, 0.5) is 11.4 Å². The molecule has 0 N–H and O–H groups in total. The molecule has 0 saturated carbocycles. The van der Waals surface area contributed by atoms with Crippen molar-refractivity contribution >= 4 is 22.8 Å². The van der Waals surface area contributed by atoms with E-state index in [0.29, 0.717) is 0 Å². The van der Waals surface area contributed by atoms with Crippen LogP contribution in [0.1, 0.15) is 180 Å². The minimum atomic E-state index is -0.407. The van der Waals surface area contributed by atoms with Crippen molar-refractivity contribution in [2.75, 3.05) is 0 Å². The van der Waals surface area contributed by atoms with Gasteiger partial charge >= 0.3 is 16.5 Å². The van der Waals surface area contributed by atoms with Gasteiger partial charge in [0.1, 0.15) is 5.71 Å². The van der Waals surface area contributed by atoms with E-state index in [1.54, 1.807) is 6.07 Å². The molecule has 3 aromatic carbocycles. The largest absolute Gasteiger partial charge is 2.00 e. The molecule has 0 aliphatic heterocycles. The SMILES string of the molecule is CCCCCCCCCCCCCCCCCCCC#CC(=Nc1ccccc1)C(CCCCC)=Nc1ccccc1.CCCCc1ccc([O-])c([O-])c1.[Ni+2]. The second-order valence-electron chi connectivity index (χ2n) is 14.7.